The fourth-order valence-electron chi connectivity index (χ4n) is 2.34. The van der Waals surface area contributed by atoms with Crippen LogP contribution in [0.5, 0.6) is 0 Å². The van der Waals surface area contributed by atoms with Crippen molar-refractivity contribution in [2.75, 3.05) is 18.4 Å². The first kappa shape index (κ1) is 20.1. The van der Waals surface area contributed by atoms with Crippen molar-refractivity contribution in [3.8, 4) is 0 Å². The first-order valence-electron chi connectivity index (χ1n) is 6.74. The average Bonchev–Trinajstić information content (AvgIpc) is 2.41. The summed E-state index contributed by atoms with van der Waals surface area (Å²) in [7, 11) is -4.01. The number of halogens is 3. The van der Waals surface area contributed by atoms with E-state index in [-0.39, 0.29) is 35.7 Å². The van der Waals surface area contributed by atoms with E-state index in [2.05, 4.69) is 5.32 Å². The number of carbonyl (C=O) groups excluding carboxylic acids is 1. The Bertz CT molecular complexity index is 700. The average molecular weight is 386 g/mol. The van der Waals surface area contributed by atoms with Crippen molar-refractivity contribution in [3.63, 3.8) is 0 Å². The van der Waals surface area contributed by atoms with Crippen LogP contribution in [-0.2, 0) is 14.8 Å². The predicted molar refractivity (Wildman–Crippen MR) is 88.9 cm³/mol. The van der Waals surface area contributed by atoms with Gasteiger partial charge < -0.3 is 11.1 Å². The molecule has 6 nitrogen and oxygen atoms in total. The molecule has 3 N–H and O–H groups in total. The third-order valence-electron chi connectivity index (χ3n) is 3.37. The van der Waals surface area contributed by atoms with E-state index in [1.54, 1.807) is 0 Å². The lowest BCUT2D eigenvalue weighted by atomic mass is 10.1. The first-order valence-corrected chi connectivity index (χ1v) is 8.56. The summed E-state index contributed by atoms with van der Waals surface area (Å²) >= 11 is 5.93. The SMILES string of the molecule is CC(=O)Nc1cc(F)c(S(=O)(=O)N2CCCC(N)C2)cc1Cl.Cl. The Balaban J connectivity index is 0.00000264. The number of amides is 1. The molecule has 2 rings (SSSR count). The van der Waals surface area contributed by atoms with Gasteiger partial charge in [-0.3, -0.25) is 4.79 Å². The van der Waals surface area contributed by atoms with Gasteiger partial charge in [-0.05, 0) is 18.9 Å². The highest BCUT2D eigenvalue weighted by atomic mass is 35.5. The second-order valence-corrected chi connectivity index (χ2v) is 7.52. The molecular weight excluding hydrogens is 368 g/mol. The number of hydrogen-bond donors (Lipinski definition) is 2. The van der Waals surface area contributed by atoms with Gasteiger partial charge in [0, 0.05) is 32.1 Å². The van der Waals surface area contributed by atoms with Crippen LogP contribution in [0.1, 0.15) is 19.8 Å². The number of nitrogens with two attached hydrogens (primary N) is 1. The van der Waals surface area contributed by atoms with Crippen LogP contribution in [0, 0.1) is 5.82 Å². The van der Waals surface area contributed by atoms with Crippen LogP contribution >= 0.6 is 24.0 Å². The number of carbonyl (C=O) groups is 1. The molecule has 1 unspecified atom stereocenters. The van der Waals surface area contributed by atoms with Gasteiger partial charge in [-0.2, -0.15) is 4.31 Å². The van der Waals surface area contributed by atoms with E-state index >= 15 is 0 Å². The fourth-order valence-corrected chi connectivity index (χ4v) is 4.23. The van der Waals surface area contributed by atoms with Crippen molar-refractivity contribution in [1.29, 1.82) is 0 Å². The van der Waals surface area contributed by atoms with Gasteiger partial charge in [0.15, 0.2) is 0 Å². The van der Waals surface area contributed by atoms with E-state index in [0.717, 1.165) is 22.9 Å². The maximum Gasteiger partial charge on any atom is 0.246 e. The zero-order valence-electron chi connectivity index (χ0n) is 12.4. The second-order valence-electron chi connectivity index (χ2n) is 5.21. The van der Waals surface area contributed by atoms with Gasteiger partial charge in [0.1, 0.15) is 10.7 Å². The van der Waals surface area contributed by atoms with Crippen LogP contribution in [0.2, 0.25) is 5.02 Å². The molecule has 0 radical (unpaired) electrons. The minimum absolute atomic E-state index is 0. The highest BCUT2D eigenvalue weighted by Gasteiger charge is 2.31. The minimum Gasteiger partial charge on any atom is -0.327 e. The van der Waals surface area contributed by atoms with Crippen LogP contribution < -0.4 is 11.1 Å². The summed E-state index contributed by atoms with van der Waals surface area (Å²) in [6, 6.07) is 1.65. The molecule has 0 aromatic heterocycles. The largest absolute Gasteiger partial charge is 0.327 e. The first-order chi connectivity index (χ1) is 10.2. The van der Waals surface area contributed by atoms with Gasteiger partial charge in [0.25, 0.3) is 0 Å². The van der Waals surface area contributed by atoms with Crippen LogP contribution in [0.25, 0.3) is 0 Å². The van der Waals surface area contributed by atoms with Gasteiger partial charge in [-0.25, -0.2) is 12.8 Å². The lowest BCUT2D eigenvalue weighted by molar-refractivity contribution is -0.114. The Morgan fingerprint density at radius 3 is 2.70 bits per heavy atom. The van der Waals surface area contributed by atoms with Gasteiger partial charge in [-0.1, -0.05) is 11.6 Å². The van der Waals surface area contributed by atoms with Crippen molar-refractivity contribution < 1.29 is 17.6 Å². The second kappa shape index (κ2) is 7.76. The maximum atomic E-state index is 14.2. The number of sulfonamides is 1. The van der Waals surface area contributed by atoms with Crippen LogP contribution in [0.15, 0.2) is 17.0 Å². The zero-order chi connectivity index (χ0) is 16.5. The normalized spacial score (nSPS) is 19.0. The molecule has 1 aliphatic rings. The van der Waals surface area contributed by atoms with Gasteiger partial charge in [0.2, 0.25) is 15.9 Å². The molecular formula is C13H18Cl2FN3O3S. The molecule has 1 heterocycles. The molecule has 130 valence electrons. The summed E-state index contributed by atoms with van der Waals surface area (Å²) in [4.78, 5) is 10.5. The summed E-state index contributed by atoms with van der Waals surface area (Å²) in [6.45, 7) is 1.68. The molecule has 1 fully saturated rings. The molecule has 0 bridgehead atoms. The summed E-state index contributed by atoms with van der Waals surface area (Å²) in [5.41, 5.74) is 5.80. The van der Waals surface area contributed by atoms with Crippen molar-refractivity contribution in [1.82, 2.24) is 4.31 Å². The van der Waals surface area contributed by atoms with Crippen LogP contribution in [-0.4, -0.2) is 37.8 Å². The van der Waals surface area contributed by atoms with Gasteiger partial charge in [-0.15, -0.1) is 12.4 Å². The Labute approximate surface area is 145 Å². The minimum atomic E-state index is -4.01. The Kier molecular flexibility index (Phi) is 6.79. The van der Waals surface area contributed by atoms with Crippen molar-refractivity contribution in [3.05, 3.63) is 23.0 Å². The third-order valence-corrected chi connectivity index (χ3v) is 5.56. The molecule has 0 saturated carbocycles. The predicted octanol–water partition coefficient (Wildman–Crippen LogP) is 1.97. The van der Waals surface area contributed by atoms with Crippen molar-refractivity contribution in [2.45, 2.75) is 30.7 Å². The fraction of sp³-hybridized carbons (Fsp3) is 0.462. The summed E-state index contributed by atoms with van der Waals surface area (Å²) in [5.74, 6) is -1.40. The molecule has 1 aliphatic heterocycles. The monoisotopic (exact) mass is 385 g/mol. The lowest BCUT2D eigenvalue weighted by Gasteiger charge is -2.30. The van der Waals surface area contributed by atoms with E-state index < -0.39 is 26.6 Å². The van der Waals surface area contributed by atoms with E-state index in [0.29, 0.717) is 13.0 Å². The highest BCUT2D eigenvalue weighted by molar-refractivity contribution is 7.89. The number of anilines is 1. The van der Waals surface area contributed by atoms with E-state index in [1.807, 2.05) is 0 Å². The molecule has 0 spiro atoms. The molecule has 23 heavy (non-hydrogen) atoms. The standard InChI is InChI=1S/C13H17ClFN3O3S.ClH/c1-8(19)17-12-6-11(15)13(5-10(12)14)22(20,21)18-4-2-3-9(16)7-18;/h5-6,9H,2-4,7,16H2,1H3,(H,17,19);1H. The number of benzene rings is 1. The lowest BCUT2D eigenvalue weighted by Crippen LogP contribution is -2.45. The molecule has 1 aromatic carbocycles. The van der Waals surface area contributed by atoms with Gasteiger partial charge >= 0.3 is 0 Å². The number of nitrogens with one attached hydrogen (secondary N) is 1. The smallest absolute Gasteiger partial charge is 0.246 e. The van der Waals surface area contributed by atoms with Crippen molar-refractivity contribution >= 4 is 45.6 Å². The number of nitrogens with zero attached hydrogens (tertiary/aromatic N) is 1. The van der Waals surface area contributed by atoms with Crippen LogP contribution in [0.4, 0.5) is 10.1 Å². The highest BCUT2D eigenvalue weighted by Crippen LogP contribution is 2.30. The summed E-state index contributed by atoms with van der Waals surface area (Å²) < 4.78 is 40.4. The molecule has 1 atom stereocenters. The van der Waals surface area contributed by atoms with E-state index in [1.165, 1.54) is 6.92 Å². The summed E-state index contributed by atoms with van der Waals surface area (Å²) in [5, 5.41) is 2.29. The molecule has 1 aromatic rings. The van der Waals surface area contributed by atoms with E-state index in [9.17, 15) is 17.6 Å². The Hall–Kier alpha value is -0.930. The molecule has 1 amide bonds. The topological polar surface area (TPSA) is 92.5 Å². The third kappa shape index (κ3) is 4.54. The van der Waals surface area contributed by atoms with Gasteiger partial charge in [0.05, 0.1) is 10.7 Å². The molecule has 10 heteroatoms. The number of rotatable bonds is 3. The summed E-state index contributed by atoms with van der Waals surface area (Å²) in [6.07, 6.45) is 1.36. The molecule has 1 saturated heterocycles. The quantitative estimate of drug-likeness (QED) is 0.831. The van der Waals surface area contributed by atoms with E-state index in [4.69, 9.17) is 17.3 Å². The van der Waals surface area contributed by atoms with Crippen LogP contribution in [0.3, 0.4) is 0 Å². The van der Waals surface area contributed by atoms with Crippen molar-refractivity contribution in [2.24, 2.45) is 5.73 Å². The number of hydrogen-bond acceptors (Lipinski definition) is 4. The molecule has 0 aliphatic carbocycles. The Morgan fingerprint density at radius 2 is 2.13 bits per heavy atom. The number of piperidine rings is 1. The Morgan fingerprint density at radius 1 is 1.48 bits per heavy atom. The maximum absolute atomic E-state index is 14.2. The zero-order valence-corrected chi connectivity index (χ0v) is 14.8.